The van der Waals surface area contributed by atoms with Crippen LogP contribution in [0.1, 0.15) is 35.8 Å². The van der Waals surface area contributed by atoms with Crippen molar-refractivity contribution in [3.05, 3.63) is 40.3 Å². The Labute approximate surface area is 154 Å². The van der Waals surface area contributed by atoms with E-state index in [1.807, 2.05) is 17.5 Å². The van der Waals surface area contributed by atoms with Crippen LogP contribution in [-0.2, 0) is 6.54 Å². The largest absolute Gasteiger partial charge is 0.298 e. The van der Waals surface area contributed by atoms with Gasteiger partial charge in [-0.1, -0.05) is 6.92 Å². The van der Waals surface area contributed by atoms with E-state index in [1.165, 1.54) is 35.5 Å². The Bertz CT molecular complexity index is 888. The highest BCUT2D eigenvalue weighted by molar-refractivity contribution is 7.16. The Balaban J connectivity index is 1.40. The lowest BCUT2D eigenvalue weighted by Gasteiger charge is -2.30. The highest BCUT2D eigenvalue weighted by atomic mass is 32.1. The molecule has 0 radical (unpaired) electrons. The summed E-state index contributed by atoms with van der Waals surface area (Å²) in [6.45, 7) is 5.44. The molecule has 4 rings (SSSR count). The Morgan fingerprint density at radius 3 is 3.20 bits per heavy atom. The van der Waals surface area contributed by atoms with Crippen LogP contribution in [0.5, 0.6) is 0 Å². The van der Waals surface area contributed by atoms with Gasteiger partial charge in [0.25, 0.3) is 5.91 Å². The second-order valence-electron chi connectivity index (χ2n) is 6.62. The van der Waals surface area contributed by atoms with Crippen molar-refractivity contribution >= 4 is 43.9 Å². The number of benzene rings is 1. The number of hydrogen-bond acceptors (Lipinski definition) is 6. The van der Waals surface area contributed by atoms with Crippen LogP contribution >= 0.6 is 22.7 Å². The van der Waals surface area contributed by atoms with E-state index in [2.05, 4.69) is 27.1 Å². The molecule has 1 fully saturated rings. The molecule has 1 aromatic carbocycles. The Morgan fingerprint density at radius 2 is 2.32 bits per heavy atom. The lowest BCUT2D eigenvalue weighted by atomic mass is 10.0. The number of aromatic nitrogens is 2. The highest BCUT2D eigenvalue weighted by Gasteiger charge is 2.18. The van der Waals surface area contributed by atoms with E-state index in [1.54, 1.807) is 11.6 Å². The molecule has 1 amide bonds. The normalized spacial score (nSPS) is 18.5. The standard InChI is InChI=1S/C18H20N4OS2/c1-12-3-2-6-22(8-12)9-14-10-24-18(20-14)21-17(23)13-4-5-15-16(7-13)25-11-19-15/h4-5,7,10-12H,2-3,6,8-9H2,1H3,(H,20,21,23). The first-order valence-corrected chi connectivity index (χ1v) is 10.2. The van der Waals surface area contributed by atoms with Crippen LogP contribution in [0.15, 0.2) is 29.1 Å². The van der Waals surface area contributed by atoms with Gasteiger partial charge in [0.05, 0.1) is 21.4 Å². The first kappa shape index (κ1) is 16.6. The van der Waals surface area contributed by atoms with Gasteiger partial charge in [0.2, 0.25) is 0 Å². The zero-order valence-corrected chi connectivity index (χ0v) is 15.7. The lowest BCUT2D eigenvalue weighted by molar-refractivity contribution is 0.102. The minimum atomic E-state index is -0.122. The summed E-state index contributed by atoms with van der Waals surface area (Å²) >= 11 is 3.03. The average molecular weight is 373 g/mol. The first-order valence-electron chi connectivity index (χ1n) is 8.49. The molecular weight excluding hydrogens is 352 g/mol. The number of fused-ring (bicyclic) bond motifs is 1. The average Bonchev–Trinajstić information content (AvgIpc) is 3.23. The number of likely N-dealkylation sites (tertiary alicyclic amines) is 1. The van der Waals surface area contributed by atoms with Gasteiger partial charge in [0.1, 0.15) is 0 Å². The molecule has 1 saturated heterocycles. The van der Waals surface area contributed by atoms with E-state index in [-0.39, 0.29) is 5.91 Å². The molecule has 25 heavy (non-hydrogen) atoms. The fraction of sp³-hybridized carbons (Fsp3) is 0.389. The van der Waals surface area contributed by atoms with E-state index in [0.29, 0.717) is 10.7 Å². The van der Waals surface area contributed by atoms with Crippen LogP contribution in [0.2, 0.25) is 0 Å². The van der Waals surface area contributed by atoms with Crippen molar-refractivity contribution in [3.63, 3.8) is 0 Å². The van der Waals surface area contributed by atoms with Crippen LogP contribution in [0.25, 0.3) is 10.2 Å². The molecule has 0 saturated carbocycles. The topological polar surface area (TPSA) is 58.1 Å². The second-order valence-corrected chi connectivity index (χ2v) is 8.36. The number of amides is 1. The number of hydrogen-bond donors (Lipinski definition) is 1. The summed E-state index contributed by atoms with van der Waals surface area (Å²) in [4.78, 5) is 23.7. The zero-order valence-electron chi connectivity index (χ0n) is 14.1. The van der Waals surface area contributed by atoms with Crippen LogP contribution < -0.4 is 5.32 Å². The third kappa shape index (κ3) is 3.89. The fourth-order valence-corrected chi connectivity index (χ4v) is 4.67. The summed E-state index contributed by atoms with van der Waals surface area (Å²) in [7, 11) is 0. The lowest BCUT2D eigenvalue weighted by Crippen LogP contribution is -2.33. The van der Waals surface area contributed by atoms with E-state index >= 15 is 0 Å². The maximum Gasteiger partial charge on any atom is 0.257 e. The van der Waals surface area contributed by atoms with E-state index in [9.17, 15) is 4.79 Å². The Morgan fingerprint density at radius 1 is 1.40 bits per heavy atom. The summed E-state index contributed by atoms with van der Waals surface area (Å²) < 4.78 is 1.02. The van der Waals surface area contributed by atoms with Crippen LogP contribution in [0.4, 0.5) is 5.13 Å². The molecular formula is C18H20N4OS2. The number of piperidine rings is 1. The van der Waals surface area contributed by atoms with Gasteiger partial charge in [-0.2, -0.15) is 0 Å². The molecule has 5 nitrogen and oxygen atoms in total. The number of carbonyl (C=O) groups is 1. The van der Waals surface area contributed by atoms with Gasteiger partial charge in [-0.05, 0) is 43.5 Å². The summed E-state index contributed by atoms with van der Waals surface area (Å²) in [6.07, 6.45) is 2.58. The van der Waals surface area contributed by atoms with Crippen LogP contribution in [0.3, 0.4) is 0 Å². The summed E-state index contributed by atoms with van der Waals surface area (Å²) in [5.41, 5.74) is 4.39. The molecule has 1 aliphatic rings. The molecule has 7 heteroatoms. The summed E-state index contributed by atoms with van der Waals surface area (Å²) in [6, 6.07) is 5.57. The molecule has 1 atom stereocenters. The van der Waals surface area contributed by atoms with Gasteiger partial charge in [-0.15, -0.1) is 22.7 Å². The molecule has 1 unspecified atom stereocenters. The number of nitrogens with one attached hydrogen (secondary N) is 1. The molecule has 1 aliphatic heterocycles. The van der Waals surface area contributed by atoms with Crippen molar-refractivity contribution in [2.45, 2.75) is 26.3 Å². The number of thiazole rings is 2. The van der Waals surface area contributed by atoms with Crippen molar-refractivity contribution in [3.8, 4) is 0 Å². The minimum Gasteiger partial charge on any atom is -0.298 e. The molecule has 0 spiro atoms. The van der Waals surface area contributed by atoms with Gasteiger partial charge in [0.15, 0.2) is 5.13 Å². The molecule has 2 aromatic heterocycles. The monoisotopic (exact) mass is 372 g/mol. The van der Waals surface area contributed by atoms with Crippen LogP contribution in [-0.4, -0.2) is 33.9 Å². The van der Waals surface area contributed by atoms with Gasteiger partial charge in [-0.25, -0.2) is 9.97 Å². The van der Waals surface area contributed by atoms with Gasteiger partial charge in [0, 0.05) is 24.0 Å². The SMILES string of the molecule is CC1CCCN(Cc2csc(NC(=O)c3ccc4ncsc4c3)n2)C1. The van der Waals surface area contributed by atoms with E-state index in [0.717, 1.165) is 41.5 Å². The number of anilines is 1. The zero-order chi connectivity index (χ0) is 17.2. The molecule has 0 aliphatic carbocycles. The van der Waals surface area contributed by atoms with E-state index in [4.69, 9.17) is 0 Å². The van der Waals surface area contributed by atoms with Crippen molar-refractivity contribution in [2.75, 3.05) is 18.4 Å². The summed E-state index contributed by atoms with van der Waals surface area (Å²) in [5, 5.41) is 5.62. The first-order chi connectivity index (χ1) is 12.2. The highest BCUT2D eigenvalue weighted by Crippen LogP contribution is 2.23. The maximum absolute atomic E-state index is 12.5. The third-order valence-electron chi connectivity index (χ3n) is 4.49. The van der Waals surface area contributed by atoms with E-state index < -0.39 is 0 Å². The number of carbonyl (C=O) groups excluding carboxylic acids is 1. The van der Waals surface area contributed by atoms with Gasteiger partial charge in [-0.3, -0.25) is 15.0 Å². The second kappa shape index (κ2) is 7.19. The summed E-state index contributed by atoms with van der Waals surface area (Å²) in [5.74, 6) is 0.635. The van der Waals surface area contributed by atoms with Gasteiger partial charge < -0.3 is 0 Å². The van der Waals surface area contributed by atoms with Gasteiger partial charge >= 0.3 is 0 Å². The van der Waals surface area contributed by atoms with Crippen LogP contribution in [0, 0.1) is 5.92 Å². The molecule has 0 bridgehead atoms. The molecule has 3 aromatic rings. The molecule has 130 valence electrons. The number of nitrogens with zero attached hydrogens (tertiary/aromatic N) is 3. The van der Waals surface area contributed by atoms with Crippen molar-refractivity contribution in [2.24, 2.45) is 5.92 Å². The number of rotatable bonds is 4. The predicted molar refractivity (Wildman–Crippen MR) is 103 cm³/mol. The predicted octanol–water partition coefficient (Wildman–Crippen LogP) is 4.24. The Kier molecular flexibility index (Phi) is 4.78. The minimum absolute atomic E-state index is 0.122. The Hall–Kier alpha value is -1.83. The molecule has 3 heterocycles. The quantitative estimate of drug-likeness (QED) is 0.744. The van der Waals surface area contributed by atoms with Crippen molar-refractivity contribution in [1.82, 2.24) is 14.9 Å². The fourth-order valence-electron chi connectivity index (χ4n) is 3.26. The maximum atomic E-state index is 12.5. The third-order valence-corrected chi connectivity index (χ3v) is 6.09. The van der Waals surface area contributed by atoms with Crippen molar-refractivity contribution < 1.29 is 4.79 Å². The molecule has 1 N–H and O–H groups in total. The van der Waals surface area contributed by atoms with Crippen molar-refractivity contribution in [1.29, 1.82) is 0 Å². The smallest absolute Gasteiger partial charge is 0.257 e.